The zero-order valence-electron chi connectivity index (χ0n) is 11.6. The van der Waals surface area contributed by atoms with Crippen molar-refractivity contribution in [3.8, 4) is 11.1 Å². The zero-order chi connectivity index (χ0) is 14.2. The highest BCUT2D eigenvalue weighted by Gasteiger charge is 1.95. The van der Waals surface area contributed by atoms with E-state index in [9.17, 15) is 4.79 Å². The average molecular weight is 282 g/mol. The summed E-state index contributed by atoms with van der Waals surface area (Å²) in [6.07, 6.45) is 5.15. The molecule has 0 unspecified atom stereocenters. The van der Waals surface area contributed by atoms with Gasteiger partial charge < -0.3 is 0 Å². The Balaban J connectivity index is 1.92. The molecule has 0 aliphatic heterocycles. The molecule has 0 saturated heterocycles. The summed E-state index contributed by atoms with van der Waals surface area (Å²) in [5, 5.41) is 0.186. The number of carbonyl (C=O) groups excluding carboxylic acids is 1. The maximum atomic E-state index is 10.8. The lowest BCUT2D eigenvalue weighted by Crippen LogP contribution is -1.83. The van der Waals surface area contributed by atoms with Crippen molar-refractivity contribution in [2.24, 2.45) is 0 Å². The molecule has 102 valence electrons. The van der Waals surface area contributed by atoms with Gasteiger partial charge in [0.1, 0.15) is 0 Å². The normalized spacial score (nSPS) is 10.8. The molecule has 0 aromatic heterocycles. The largest absolute Gasteiger partial charge is 0.288 e. The van der Waals surface area contributed by atoms with E-state index < -0.39 is 0 Å². The van der Waals surface area contributed by atoms with Crippen molar-refractivity contribution in [3.05, 3.63) is 66.2 Å². The molecule has 0 amide bonds. The van der Waals surface area contributed by atoms with Crippen LogP contribution in [0.3, 0.4) is 0 Å². The number of hydrogen-bond acceptors (Lipinski definition) is 2. The van der Waals surface area contributed by atoms with Gasteiger partial charge in [0.15, 0.2) is 5.12 Å². The minimum Gasteiger partial charge on any atom is -0.288 e. The summed E-state index contributed by atoms with van der Waals surface area (Å²) in [6.45, 7) is 1.61. The molecule has 2 aromatic carbocycles. The van der Waals surface area contributed by atoms with Gasteiger partial charge in [0, 0.05) is 12.7 Å². The maximum absolute atomic E-state index is 10.8. The van der Waals surface area contributed by atoms with E-state index in [0.29, 0.717) is 0 Å². The molecule has 0 atom stereocenters. The first-order chi connectivity index (χ1) is 9.75. The summed E-state index contributed by atoms with van der Waals surface area (Å²) in [5.41, 5.74) is 3.66. The molecule has 0 bridgehead atoms. The lowest BCUT2D eigenvalue weighted by molar-refractivity contribution is -0.109. The average Bonchev–Trinajstić information content (AvgIpc) is 2.48. The highest BCUT2D eigenvalue weighted by atomic mass is 32.2. The first-order valence-corrected chi connectivity index (χ1v) is 7.69. The van der Waals surface area contributed by atoms with Crippen molar-refractivity contribution in [2.75, 3.05) is 5.75 Å². The summed E-state index contributed by atoms with van der Waals surface area (Å²) in [4.78, 5) is 10.8. The number of carbonyl (C=O) groups is 1. The number of benzene rings is 2. The molecular formula is C18H18OS. The number of thioether (sulfide) groups is 1. The van der Waals surface area contributed by atoms with Crippen LogP contribution < -0.4 is 0 Å². The fourth-order valence-electron chi connectivity index (χ4n) is 1.91. The standard InChI is InChI=1S/C18H18OS/c1-15(19)20-14-6-5-7-16-10-12-18(13-11-16)17-8-3-2-4-9-17/h2-5,7-13H,6,14H2,1H3. The molecule has 0 heterocycles. The SMILES string of the molecule is CC(=O)SCCC=Cc1ccc(-c2ccccc2)cc1. The third kappa shape index (κ3) is 4.71. The summed E-state index contributed by atoms with van der Waals surface area (Å²) >= 11 is 1.38. The van der Waals surface area contributed by atoms with E-state index in [1.54, 1.807) is 6.92 Å². The molecule has 0 spiro atoms. The summed E-state index contributed by atoms with van der Waals surface area (Å²) in [5.74, 6) is 0.855. The van der Waals surface area contributed by atoms with Crippen LogP contribution in [0, 0.1) is 0 Å². The van der Waals surface area contributed by atoms with Crippen LogP contribution in [-0.4, -0.2) is 10.9 Å². The van der Waals surface area contributed by atoms with Crippen LogP contribution in [0.25, 0.3) is 17.2 Å². The second kappa shape index (κ2) is 7.71. The lowest BCUT2D eigenvalue weighted by atomic mass is 10.0. The highest BCUT2D eigenvalue weighted by molar-refractivity contribution is 8.13. The minimum absolute atomic E-state index is 0.186. The number of hydrogen-bond donors (Lipinski definition) is 0. The molecule has 2 heteroatoms. The van der Waals surface area contributed by atoms with Crippen LogP contribution in [-0.2, 0) is 4.79 Å². The molecular weight excluding hydrogens is 264 g/mol. The van der Waals surface area contributed by atoms with Crippen molar-refractivity contribution in [3.63, 3.8) is 0 Å². The summed E-state index contributed by atoms with van der Waals surface area (Å²) in [7, 11) is 0. The fraction of sp³-hybridized carbons (Fsp3) is 0.167. The van der Waals surface area contributed by atoms with Crippen LogP contribution in [0.1, 0.15) is 18.9 Å². The van der Waals surface area contributed by atoms with E-state index in [2.05, 4.69) is 60.7 Å². The molecule has 1 nitrogen and oxygen atoms in total. The van der Waals surface area contributed by atoms with E-state index >= 15 is 0 Å². The van der Waals surface area contributed by atoms with E-state index in [4.69, 9.17) is 0 Å². The number of allylic oxidation sites excluding steroid dienone is 1. The van der Waals surface area contributed by atoms with Gasteiger partial charge in [-0.2, -0.15) is 0 Å². The Labute approximate surface area is 124 Å². The third-order valence-electron chi connectivity index (χ3n) is 2.92. The molecule has 0 fully saturated rings. The summed E-state index contributed by atoms with van der Waals surface area (Å²) < 4.78 is 0. The van der Waals surface area contributed by atoms with E-state index in [1.807, 2.05) is 6.07 Å². The van der Waals surface area contributed by atoms with Crippen LogP contribution in [0.15, 0.2) is 60.7 Å². The van der Waals surface area contributed by atoms with Crippen molar-refractivity contribution >= 4 is 23.0 Å². The van der Waals surface area contributed by atoms with E-state index in [-0.39, 0.29) is 5.12 Å². The first kappa shape index (κ1) is 14.6. The van der Waals surface area contributed by atoms with Crippen molar-refractivity contribution in [1.82, 2.24) is 0 Å². The van der Waals surface area contributed by atoms with Gasteiger partial charge in [0.25, 0.3) is 0 Å². The Hall–Kier alpha value is -1.80. The van der Waals surface area contributed by atoms with Gasteiger partial charge in [-0.25, -0.2) is 0 Å². The Morgan fingerprint density at radius 2 is 1.65 bits per heavy atom. The van der Waals surface area contributed by atoms with Gasteiger partial charge in [-0.15, -0.1) is 0 Å². The minimum atomic E-state index is 0.186. The summed E-state index contributed by atoms with van der Waals surface area (Å²) in [6, 6.07) is 18.9. The predicted molar refractivity (Wildman–Crippen MR) is 88.7 cm³/mol. The Morgan fingerprint density at radius 3 is 2.30 bits per heavy atom. The monoisotopic (exact) mass is 282 g/mol. The molecule has 0 radical (unpaired) electrons. The van der Waals surface area contributed by atoms with Crippen molar-refractivity contribution < 1.29 is 4.79 Å². The quantitative estimate of drug-likeness (QED) is 0.715. The van der Waals surface area contributed by atoms with Gasteiger partial charge in [0.05, 0.1) is 0 Å². The van der Waals surface area contributed by atoms with Gasteiger partial charge in [-0.3, -0.25) is 4.79 Å². The van der Waals surface area contributed by atoms with Crippen LogP contribution in [0.2, 0.25) is 0 Å². The second-order valence-corrected chi connectivity index (χ2v) is 5.79. The third-order valence-corrected chi connectivity index (χ3v) is 3.76. The van der Waals surface area contributed by atoms with Crippen LogP contribution in [0.4, 0.5) is 0 Å². The smallest absolute Gasteiger partial charge is 0.185 e. The van der Waals surface area contributed by atoms with E-state index in [0.717, 1.165) is 12.2 Å². The van der Waals surface area contributed by atoms with Gasteiger partial charge in [-0.1, -0.05) is 78.5 Å². The molecule has 0 aliphatic carbocycles. The molecule has 2 aromatic rings. The first-order valence-electron chi connectivity index (χ1n) is 6.71. The zero-order valence-corrected chi connectivity index (χ0v) is 12.4. The van der Waals surface area contributed by atoms with Gasteiger partial charge >= 0.3 is 0 Å². The topological polar surface area (TPSA) is 17.1 Å². The lowest BCUT2D eigenvalue weighted by Gasteiger charge is -2.01. The number of rotatable bonds is 5. The van der Waals surface area contributed by atoms with Crippen molar-refractivity contribution in [1.29, 1.82) is 0 Å². The molecule has 0 saturated carbocycles. The van der Waals surface area contributed by atoms with Crippen LogP contribution in [0.5, 0.6) is 0 Å². The maximum Gasteiger partial charge on any atom is 0.185 e. The Bertz CT molecular complexity index is 570. The molecule has 0 aliphatic rings. The van der Waals surface area contributed by atoms with Crippen LogP contribution >= 0.6 is 11.8 Å². The Kier molecular flexibility index (Phi) is 5.63. The van der Waals surface area contributed by atoms with Gasteiger partial charge in [-0.05, 0) is 23.1 Å². The molecule has 2 rings (SSSR count). The predicted octanol–water partition coefficient (Wildman–Crippen LogP) is 5.04. The fourth-order valence-corrected chi connectivity index (χ4v) is 2.45. The molecule has 0 N–H and O–H groups in total. The van der Waals surface area contributed by atoms with Gasteiger partial charge in [0.2, 0.25) is 0 Å². The second-order valence-electron chi connectivity index (χ2n) is 4.52. The highest BCUT2D eigenvalue weighted by Crippen LogP contribution is 2.19. The van der Waals surface area contributed by atoms with Crippen molar-refractivity contribution in [2.45, 2.75) is 13.3 Å². The Morgan fingerprint density at radius 1 is 1.00 bits per heavy atom. The molecule has 20 heavy (non-hydrogen) atoms. The van der Waals surface area contributed by atoms with E-state index in [1.165, 1.54) is 28.5 Å².